The summed E-state index contributed by atoms with van der Waals surface area (Å²) < 4.78 is 23.2. The van der Waals surface area contributed by atoms with Gasteiger partial charge in [-0.25, -0.2) is 0 Å². The molecule has 0 unspecified atom stereocenters. The molecule has 0 aliphatic carbocycles. The van der Waals surface area contributed by atoms with Crippen molar-refractivity contribution in [1.82, 2.24) is 5.32 Å². The smallest absolute Gasteiger partial charge is 0.312 e. The number of nitrogens with one attached hydrogen (secondary N) is 1. The van der Waals surface area contributed by atoms with Crippen molar-refractivity contribution in [3.8, 4) is 0 Å². The van der Waals surface area contributed by atoms with Crippen LogP contribution in [0.25, 0.3) is 0 Å². The zero-order chi connectivity index (χ0) is 15.7. The molecule has 0 atom stereocenters. The van der Waals surface area contributed by atoms with Gasteiger partial charge < -0.3 is 14.4 Å². The maximum Gasteiger partial charge on any atom is 0.335 e. The average Bonchev–Trinajstić information content (AvgIpc) is 2.49. The summed E-state index contributed by atoms with van der Waals surface area (Å²) in [5.41, 5.74) is 3.71. The molecule has 0 fully saturated rings. The molecule has 0 bridgehead atoms. The number of hydrogen-bond donors (Lipinski definition) is 1. The second-order valence-electron chi connectivity index (χ2n) is 4.63. The van der Waals surface area contributed by atoms with Crippen molar-refractivity contribution in [2.75, 3.05) is 19.8 Å². The molecule has 0 aromatic heterocycles. The van der Waals surface area contributed by atoms with E-state index in [2.05, 4.69) is 17.4 Å². The molecule has 21 heavy (non-hydrogen) atoms. The van der Waals surface area contributed by atoms with E-state index in [1.54, 1.807) is 0 Å². The molecule has 5 heteroatoms. The molecule has 0 amide bonds. The summed E-state index contributed by atoms with van der Waals surface area (Å²) in [5, 5.41) is 3.35. The van der Waals surface area contributed by atoms with Gasteiger partial charge in [0.05, 0.1) is 19.4 Å². The lowest BCUT2D eigenvalue weighted by atomic mass is 9.99. The molecule has 0 saturated heterocycles. The highest BCUT2D eigenvalue weighted by Crippen LogP contribution is 2.51. The summed E-state index contributed by atoms with van der Waals surface area (Å²) in [6.07, 6.45) is 1.38. The number of rotatable bonds is 6. The molecule has 1 aliphatic heterocycles. The fourth-order valence-electron chi connectivity index (χ4n) is 2.37. The summed E-state index contributed by atoms with van der Waals surface area (Å²) >= 11 is 0. The molecule has 1 aliphatic rings. The van der Waals surface area contributed by atoms with Gasteiger partial charge in [0.25, 0.3) is 0 Å². The molecule has 1 N–H and O–H groups in total. The Labute approximate surface area is 128 Å². The van der Waals surface area contributed by atoms with Gasteiger partial charge in [-0.1, -0.05) is 32.0 Å². The largest absolute Gasteiger partial charge is 0.335 e. The highest BCUT2D eigenvalue weighted by atomic mass is 31.2. The second-order valence-corrected chi connectivity index (χ2v) is 6.69. The van der Waals surface area contributed by atoms with Gasteiger partial charge in [-0.05, 0) is 43.5 Å². The first-order valence-electron chi connectivity index (χ1n) is 7.86. The summed E-state index contributed by atoms with van der Waals surface area (Å²) in [7, 11) is -2.99. The van der Waals surface area contributed by atoms with E-state index >= 15 is 0 Å². The fourth-order valence-corrected chi connectivity index (χ4v) is 4.06. The summed E-state index contributed by atoms with van der Waals surface area (Å²) in [6.45, 7) is 10.4. The van der Waals surface area contributed by atoms with Gasteiger partial charge >= 0.3 is 7.60 Å². The Balaban J connectivity index is 0.00000106. The Bertz CT molecular complexity index is 467. The molecule has 0 spiro atoms. The van der Waals surface area contributed by atoms with Gasteiger partial charge in [0.15, 0.2) is 0 Å². The molecule has 0 radical (unpaired) electrons. The van der Waals surface area contributed by atoms with Gasteiger partial charge in [0.1, 0.15) is 0 Å². The van der Waals surface area contributed by atoms with Crippen LogP contribution in [0.4, 0.5) is 0 Å². The van der Waals surface area contributed by atoms with E-state index in [-0.39, 0.29) is 0 Å². The third kappa shape index (κ3) is 5.55. The predicted molar refractivity (Wildman–Crippen MR) is 87.8 cm³/mol. The molecular formula is C16H28NO3P. The van der Waals surface area contributed by atoms with Crippen molar-refractivity contribution in [3.63, 3.8) is 0 Å². The maximum atomic E-state index is 12.5. The minimum atomic E-state index is -2.99. The van der Waals surface area contributed by atoms with Crippen LogP contribution in [0, 0.1) is 0 Å². The van der Waals surface area contributed by atoms with Crippen LogP contribution in [0.15, 0.2) is 18.2 Å². The van der Waals surface area contributed by atoms with Crippen LogP contribution < -0.4 is 5.32 Å². The predicted octanol–water partition coefficient (Wildman–Crippen LogP) is 4.12. The molecule has 120 valence electrons. The van der Waals surface area contributed by atoms with Gasteiger partial charge in [0.2, 0.25) is 0 Å². The van der Waals surface area contributed by atoms with Crippen molar-refractivity contribution in [2.45, 2.75) is 46.8 Å². The van der Waals surface area contributed by atoms with Crippen molar-refractivity contribution >= 4 is 7.60 Å². The molecular weight excluding hydrogens is 285 g/mol. The van der Waals surface area contributed by atoms with E-state index in [1.165, 1.54) is 11.1 Å². The van der Waals surface area contributed by atoms with E-state index in [1.807, 2.05) is 33.8 Å². The standard InChI is InChI=1S/C14H22NO3P.C2H6/c1-3-17-19(16,18-4-2)11-12-5-6-14-10-15-8-7-13(14)9-12;1-2/h5-6,9,15H,3-4,7-8,10-11H2,1-2H3;1-2H3. The van der Waals surface area contributed by atoms with Crippen LogP contribution in [0.5, 0.6) is 0 Å². The van der Waals surface area contributed by atoms with E-state index in [4.69, 9.17) is 9.05 Å². The Morgan fingerprint density at radius 2 is 1.81 bits per heavy atom. The first-order valence-corrected chi connectivity index (χ1v) is 9.59. The lowest BCUT2D eigenvalue weighted by Crippen LogP contribution is -2.23. The third-order valence-corrected chi connectivity index (χ3v) is 5.24. The third-order valence-electron chi connectivity index (χ3n) is 3.19. The Morgan fingerprint density at radius 1 is 1.14 bits per heavy atom. The SMILES string of the molecule is CC.CCOP(=O)(Cc1ccc2c(c1)CCNC2)OCC. The lowest BCUT2D eigenvalue weighted by molar-refractivity contribution is 0.219. The monoisotopic (exact) mass is 313 g/mol. The Morgan fingerprint density at radius 3 is 2.43 bits per heavy atom. The van der Waals surface area contributed by atoms with Gasteiger partial charge in [-0.3, -0.25) is 4.57 Å². The first-order chi connectivity index (χ1) is 10.2. The zero-order valence-electron chi connectivity index (χ0n) is 13.6. The highest BCUT2D eigenvalue weighted by Gasteiger charge is 2.24. The molecule has 1 aromatic rings. The first kappa shape index (κ1) is 18.4. The van der Waals surface area contributed by atoms with E-state index < -0.39 is 7.60 Å². The van der Waals surface area contributed by atoms with E-state index in [0.29, 0.717) is 19.4 Å². The van der Waals surface area contributed by atoms with Crippen molar-refractivity contribution in [3.05, 3.63) is 34.9 Å². The van der Waals surface area contributed by atoms with Crippen LogP contribution in [-0.4, -0.2) is 19.8 Å². The van der Waals surface area contributed by atoms with Gasteiger partial charge in [-0.15, -0.1) is 0 Å². The van der Waals surface area contributed by atoms with Crippen LogP contribution in [0.2, 0.25) is 0 Å². The van der Waals surface area contributed by atoms with Crippen LogP contribution in [0.3, 0.4) is 0 Å². The van der Waals surface area contributed by atoms with Crippen molar-refractivity contribution < 1.29 is 13.6 Å². The highest BCUT2D eigenvalue weighted by molar-refractivity contribution is 7.53. The van der Waals surface area contributed by atoms with E-state index in [9.17, 15) is 4.57 Å². The molecule has 2 rings (SSSR count). The summed E-state index contributed by atoms with van der Waals surface area (Å²) in [6, 6.07) is 6.27. The van der Waals surface area contributed by atoms with Gasteiger partial charge in [0, 0.05) is 6.54 Å². The molecule has 1 aromatic carbocycles. The number of fused-ring (bicyclic) bond motifs is 1. The Hall–Kier alpha value is -0.670. The van der Waals surface area contributed by atoms with Crippen LogP contribution >= 0.6 is 7.60 Å². The molecule has 4 nitrogen and oxygen atoms in total. The molecule has 1 heterocycles. The summed E-state index contributed by atoms with van der Waals surface area (Å²) in [4.78, 5) is 0. The fraction of sp³-hybridized carbons (Fsp3) is 0.625. The van der Waals surface area contributed by atoms with Crippen molar-refractivity contribution in [1.29, 1.82) is 0 Å². The average molecular weight is 313 g/mol. The quantitative estimate of drug-likeness (QED) is 0.802. The second kappa shape index (κ2) is 9.37. The lowest BCUT2D eigenvalue weighted by Gasteiger charge is -2.20. The maximum absolute atomic E-state index is 12.5. The van der Waals surface area contributed by atoms with Crippen LogP contribution in [-0.2, 0) is 32.7 Å². The zero-order valence-corrected chi connectivity index (χ0v) is 14.5. The van der Waals surface area contributed by atoms with Crippen molar-refractivity contribution in [2.24, 2.45) is 0 Å². The van der Waals surface area contributed by atoms with Gasteiger partial charge in [-0.2, -0.15) is 0 Å². The normalized spacial score (nSPS) is 14.1. The number of hydrogen-bond acceptors (Lipinski definition) is 4. The van der Waals surface area contributed by atoms with E-state index in [0.717, 1.165) is 25.1 Å². The minimum Gasteiger partial charge on any atom is -0.312 e. The Kier molecular flexibility index (Phi) is 8.20. The molecule has 0 saturated carbocycles. The minimum absolute atomic E-state index is 0.357. The number of benzene rings is 1. The topological polar surface area (TPSA) is 47.6 Å². The summed E-state index contributed by atoms with van der Waals surface area (Å²) in [5.74, 6) is 0. The van der Waals surface area contributed by atoms with Crippen LogP contribution in [0.1, 0.15) is 44.4 Å².